The normalized spacial score (nSPS) is 26.6. The van der Waals surface area contributed by atoms with Crippen LogP contribution >= 0.6 is 0 Å². The summed E-state index contributed by atoms with van der Waals surface area (Å²) in [5.41, 5.74) is 1.05. The smallest absolute Gasteiger partial charge is 0.319 e. The van der Waals surface area contributed by atoms with Crippen molar-refractivity contribution in [2.24, 2.45) is 5.92 Å². The average Bonchev–Trinajstić information content (AvgIpc) is 3.99. The summed E-state index contributed by atoms with van der Waals surface area (Å²) >= 11 is 0. The number of anilines is 2. The number of carbonyl (C=O) groups is 4. The molecule has 16 heteroatoms. The Hall–Kier alpha value is -5.12. The van der Waals surface area contributed by atoms with Crippen LogP contribution in [0.5, 0.6) is 6.01 Å². The molecule has 57 heavy (non-hydrogen) atoms. The second-order valence-electron chi connectivity index (χ2n) is 16.3. The van der Waals surface area contributed by atoms with Gasteiger partial charge in [0.2, 0.25) is 21.8 Å². The first-order valence-electron chi connectivity index (χ1n) is 20.2. The molecular weight excluding hydrogens is 749 g/mol. The van der Waals surface area contributed by atoms with E-state index in [0.29, 0.717) is 37.0 Å². The molecule has 3 aromatic rings. The fourth-order valence-electron chi connectivity index (χ4n) is 7.94. The molecule has 2 aliphatic heterocycles. The zero-order chi connectivity index (χ0) is 40.5. The second kappa shape index (κ2) is 16.0. The molecule has 2 aromatic carbocycles. The van der Waals surface area contributed by atoms with Crippen molar-refractivity contribution in [2.45, 2.75) is 120 Å². The molecule has 3 heterocycles. The van der Waals surface area contributed by atoms with Crippen LogP contribution in [0.25, 0.3) is 11.0 Å². The monoisotopic (exact) mass is 802 g/mol. The van der Waals surface area contributed by atoms with E-state index in [4.69, 9.17) is 9.72 Å². The van der Waals surface area contributed by atoms with E-state index < -0.39 is 56.2 Å². The number of aromatic nitrogens is 2. The lowest BCUT2D eigenvalue weighted by atomic mass is 10.0. The van der Waals surface area contributed by atoms with Crippen molar-refractivity contribution >= 4 is 56.2 Å². The Labute approximate surface area is 333 Å². The Morgan fingerprint density at radius 3 is 2.54 bits per heavy atom. The fraction of sp³-hybridized carbons (Fsp3) is 0.537. The largest absolute Gasteiger partial charge is 0.459 e. The number of sulfonamides is 1. The number of benzene rings is 2. The third-order valence-corrected chi connectivity index (χ3v) is 13.8. The highest BCUT2D eigenvalue weighted by Crippen LogP contribution is 2.47. The van der Waals surface area contributed by atoms with Crippen molar-refractivity contribution in [3.63, 3.8) is 0 Å². The molecule has 3 fully saturated rings. The van der Waals surface area contributed by atoms with E-state index in [1.807, 2.05) is 80.0 Å². The molecular formula is C41H54N8O7S. The van der Waals surface area contributed by atoms with Gasteiger partial charge >= 0.3 is 6.03 Å². The van der Waals surface area contributed by atoms with Gasteiger partial charge in [0.15, 0.2) is 0 Å². The van der Waals surface area contributed by atoms with Gasteiger partial charge in [0.05, 0.1) is 22.5 Å². The number of nitrogens with one attached hydrogen (secondary N) is 5. The first kappa shape index (κ1) is 40.1. The van der Waals surface area contributed by atoms with Gasteiger partial charge in [-0.05, 0) is 90.5 Å². The van der Waals surface area contributed by atoms with Crippen LogP contribution in [-0.4, -0.2) is 88.2 Å². The van der Waals surface area contributed by atoms with Gasteiger partial charge in [-0.15, -0.1) is 0 Å². The van der Waals surface area contributed by atoms with Crippen molar-refractivity contribution in [1.82, 2.24) is 29.8 Å². The van der Waals surface area contributed by atoms with Gasteiger partial charge in [-0.25, -0.2) is 13.2 Å². The second-order valence-corrected chi connectivity index (χ2v) is 18.5. The van der Waals surface area contributed by atoms with Crippen LogP contribution in [0.1, 0.15) is 91.5 Å². The first-order valence-corrected chi connectivity index (χ1v) is 21.6. The zero-order valence-corrected chi connectivity index (χ0v) is 33.9. The molecule has 0 spiro atoms. The maximum Gasteiger partial charge on any atom is 0.319 e. The highest BCUT2D eigenvalue weighted by Gasteiger charge is 2.63. The molecule has 4 aliphatic rings. The van der Waals surface area contributed by atoms with E-state index >= 15 is 0 Å². The predicted molar refractivity (Wildman–Crippen MR) is 217 cm³/mol. The third-order valence-electron chi connectivity index (χ3n) is 11.7. The number of amides is 5. The van der Waals surface area contributed by atoms with E-state index in [2.05, 4.69) is 26.0 Å². The number of imidazole rings is 1. The average molecular weight is 803 g/mol. The molecule has 0 radical (unpaired) electrons. The molecule has 0 unspecified atom stereocenters. The first-order chi connectivity index (χ1) is 27.2. The Morgan fingerprint density at radius 2 is 1.82 bits per heavy atom. The molecule has 2 saturated carbocycles. The van der Waals surface area contributed by atoms with Crippen molar-refractivity contribution in [3.8, 4) is 6.01 Å². The van der Waals surface area contributed by atoms with Gasteiger partial charge in [-0.3, -0.25) is 23.7 Å². The summed E-state index contributed by atoms with van der Waals surface area (Å²) in [4.78, 5) is 62.1. The van der Waals surface area contributed by atoms with Crippen LogP contribution in [0, 0.1) is 5.92 Å². The van der Waals surface area contributed by atoms with Gasteiger partial charge < -0.3 is 30.9 Å². The van der Waals surface area contributed by atoms with Crippen LogP contribution in [0.3, 0.4) is 0 Å². The van der Waals surface area contributed by atoms with Gasteiger partial charge in [-0.1, -0.05) is 49.3 Å². The Balaban J connectivity index is 1.21. The van der Waals surface area contributed by atoms with Crippen molar-refractivity contribution in [2.75, 3.05) is 23.7 Å². The highest BCUT2D eigenvalue weighted by atomic mass is 32.2. The number of ether oxygens (including phenoxy) is 1. The molecule has 7 rings (SSSR count). The summed E-state index contributed by atoms with van der Waals surface area (Å²) in [7, 11) is -3.98. The molecule has 1 aromatic heterocycles. The van der Waals surface area contributed by atoms with Crippen molar-refractivity contribution < 1.29 is 32.3 Å². The Morgan fingerprint density at radius 1 is 1.05 bits per heavy atom. The number of carbonyl (C=O) groups excluding carboxylic acids is 4. The SMILES string of the molecule is CCNC(=O)Nc1cccc2c1nc(O[C@@H]1C[C@H]3C(=O)N[C@]4(C(=O)NS(=O)(=O)C5(C)CC5)C[C@H]4/C=C\CCCCC[C@H](Nc4ccccc4)C(=O)N3C1)n2C(C)C. The van der Waals surface area contributed by atoms with Crippen LogP contribution < -0.4 is 30.7 Å². The molecule has 1 saturated heterocycles. The van der Waals surface area contributed by atoms with Gasteiger partial charge in [0.25, 0.3) is 11.9 Å². The predicted octanol–water partition coefficient (Wildman–Crippen LogP) is 4.98. The number of hydrogen-bond donors (Lipinski definition) is 5. The number of hydrogen-bond acceptors (Lipinski definition) is 9. The van der Waals surface area contributed by atoms with Crippen LogP contribution in [-0.2, 0) is 24.4 Å². The number of fused-ring (bicyclic) bond motifs is 3. The third kappa shape index (κ3) is 8.32. The maximum absolute atomic E-state index is 14.7. The van der Waals surface area contributed by atoms with Gasteiger partial charge in [-0.2, -0.15) is 4.98 Å². The summed E-state index contributed by atoms with van der Waals surface area (Å²) in [6.07, 6.45) is 8.24. The van der Waals surface area contributed by atoms with Crippen molar-refractivity contribution in [1.29, 1.82) is 0 Å². The van der Waals surface area contributed by atoms with Crippen LogP contribution in [0.2, 0.25) is 0 Å². The standard InChI is InChI=1S/C41H54N8O7S/c1-5-42-38(53)44-30-19-14-20-32-34(30)45-39(49(32)26(2)3)56-29-23-33-35(50)46-41(37(52)47-57(54,55)40(4)21-22-40)24-27(41)15-10-7-6-8-13-18-31(36(51)48(33)25-29)43-28-16-11-9-12-17-28/h9-12,14-17,19-20,26-27,29,31,33,43H,5-8,13,18,21-25H2,1-4H3,(H,46,50)(H,47,52)(H2,42,44,53)/b15-10-/t27-,29-,31+,33+,41-/m1/s1. The summed E-state index contributed by atoms with van der Waals surface area (Å²) < 4.78 is 36.2. The minimum Gasteiger partial charge on any atom is -0.459 e. The lowest BCUT2D eigenvalue weighted by molar-refractivity contribution is -0.140. The van der Waals surface area contributed by atoms with Crippen LogP contribution in [0.15, 0.2) is 60.7 Å². The van der Waals surface area contributed by atoms with E-state index in [1.54, 1.807) is 13.0 Å². The summed E-state index contributed by atoms with van der Waals surface area (Å²) in [5, 5.41) is 12.0. The zero-order valence-electron chi connectivity index (χ0n) is 33.0. The minimum atomic E-state index is -3.98. The van der Waals surface area contributed by atoms with E-state index in [1.165, 1.54) is 4.90 Å². The summed E-state index contributed by atoms with van der Waals surface area (Å²) in [6.45, 7) is 7.92. The molecule has 15 nitrogen and oxygen atoms in total. The van der Waals surface area contributed by atoms with Crippen LogP contribution in [0.4, 0.5) is 16.2 Å². The fourth-order valence-corrected chi connectivity index (χ4v) is 9.25. The molecule has 2 aliphatic carbocycles. The molecule has 5 N–H and O–H groups in total. The lowest BCUT2D eigenvalue weighted by Gasteiger charge is -2.30. The quantitative estimate of drug-likeness (QED) is 0.176. The Bertz CT molecular complexity index is 2150. The lowest BCUT2D eigenvalue weighted by Crippen LogP contribution is -2.58. The number of nitrogens with zero attached hydrogens (tertiary/aromatic N) is 3. The number of rotatable bonds is 10. The molecule has 306 valence electrons. The number of urea groups is 1. The topological polar surface area (TPSA) is 193 Å². The van der Waals surface area contributed by atoms with Crippen molar-refractivity contribution in [3.05, 3.63) is 60.7 Å². The molecule has 5 atom stereocenters. The van der Waals surface area contributed by atoms with E-state index in [-0.39, 0.29) is 43.4 Å². The van der Waals surface area contributed by atoms with Gasteiger partial charge in [0, 0.05) is 30.6 Å². The van der Waals surface area contributed by atoms with E-state index in [9.17, 15) is 27.6 Å². The number of allylic oxidation sites excluding steroid dienone is 1. The minimum absolute atomic E-state index is 0.0600. The summed E-state index contributed by atoms with van der Waals surface area (Å²) in [6, 6.07) is 13.1. The molecule has 5 amide bonds. The maximum atomic E-state index is 14.7. The Kier molecular flexibility index (Phi) is 11.3. The highest BCUT2D eigenvalue weighted by molar-refractivity contribution is 7.91. The number of para-hydroxylation sites is 2. The molecule has 0 bridgehead atoms. The van der Waals surface area contributed by atoms with E-state index in [0.717, 1.165) is 36.9 Å². The summed E-state index contributed by atoms with van der Waals surface area (Å²) in [5.74, 6) is -2.02. The van der Waals surface area contributed by atoms with Gasteiger partial charge in [0.1, 0.15) is 29.2 Å².